The van der Waals surface area contributed by atoms with Gasteiger partial charge in [-0.05, 0) is 0 Å². The van der Waals surface area contributed by atoms with E-state index in [2.05, 4.69) is 0 Å². The first kappa shape index (κ1) is 5.30. The molecule has 36 valence electrons. The molecule has 0 nitrogen and oxygen atoms in total. The second kappa shape index (κ2) is 1.95. The lowest BCUT2D eigenvalue weighted by Crippen LogP contribution is -2.14. The zero-order valence-corrected chi connectivity index (χ0v) is 5.54. The van der Waals surface area contributed by atoms with Gasteiger partial charge in [0.15, 0.2) is 0 Å². The summed E-state index contributed by atoms with van der Waals surface area (Å²) in [5, 5.41) is 0. The number of hydrogen-bond acceptors (Lipinski definition) is 0. The van der Waals surface area contributed by atoms with Crippen LogP contribution >= 0.6 is 23.2 Å². The summed E-state index contributed by atoms with van der Waals surface area (Å²) in [6.45, 7) is 0. The van der Waals surface area contributed by atoms with E-state index in [1.54, 1.807) is 21.6 Å². The third kappa shape index (κ3) is 1.06. The highest BCUT2D eigenvalue weighted by molar-refractivity contribution is 6.27. The lowest BCUT2D eigenvalue weighted by atomic mass is 11.8. The van der Waals surface area contributed by atoms with Gasteiger partial charge < -0.3 is 0 Å². The highest BCUT2D eigenvalue weighted by Crippen LogP contribution is 2.37. The molecule has 1 fully saturated rings. The second-order valence-electron chi connectivity index (χ2n) is 0.618. The standard InChI is InChI=1S/C2Cl4/c3-1-5-2(4)6-1. The number of hydrogen-bond donors (Lipinski definition) is 0. The molecule has 0 aromatic heterocycles. The molecule has 0 amide bonds. The van der Waals surface area contributed by atoms with Crippen molar-refractivity contribution in [1.29, 1.82) is 0 Å². The maximum Gasteiger partial charge on any atom is 0.274 e. The largest absolute Gasteiger partial charge is 0.274 e. The molecule has 1 aliphatic rings. The van der Waals surface area contributed by atoms with E-state index >= 15 is 0 Å². The average Bonchev–Trinajstić information content (AvgIpc) is 1.33. The zero-order chi connectivity index (χ0) is 4.57. The van der Waals surface area contributed by atoms with E-state index in [0.717, 1.165) is 0 Å². The molecule has 1 aliphatic heterocycles. The molecule has 0 N–H and O–H groups in total. The molecule has 0 aromatic rings. The fourth-order valence-electron chi connectivity index (χ4n) is 0.117. The normalized spacial score (nSPS) is 27.0. The molecule has 0 bridgehead atoms. The number of rotatable bonds is 0. The molecule has 1 rings (SSSR count). The highest BCUT2D eigenvalue weighted by atomic mass is 35.7. The van der Waals surface area contributed by atoms with Crippen LogP contribution in [-0.4, -0.2) is 0 Å². The first-order chi connectivity index (χ1) is 2.79. The average molecular weight is 166 g/mol. The molecule has 6 heavy (non-hydrogen) atoms. The van der Waals surface area contributed by atoms with Gasteiger partial charge in [-0.1, -0.05) is 21.6 Å². The first-order valence-corrected chi connectivity index (χ1v) is 3.40. The second-order valence-corrected chi connectivity index (χ2v) is 4.42. The van der Waals surface area contributed by atoms with Crippen LogP contribution in [-0.2, 0) is 0 Å². The van der Waals surface area contributed by atoms with Gasteiger partial charge >= 0.3 is 0 Å². The molecule has 1 saturated heterocycles. The van der Waals surface area contributed by atoms with Crippen molar-refractivity contribution in [2.75, 3.05) is 0 Å². The summed E-state index contributed by atoms with van der Waals surface area (Å²) in [7, 11) is 3.59. The molecule has 0 radical (unpaired) electrons. The van der Waals surface area contributed by atoms with Gasteiger partial charge in [0, 0.05) is 0 Å². The Labute approximate surface area is 53.6 Å². The molecule has 1 heterocycles. The quantitative estimate of drug-likeness (QED) is 0.478. The van der Waals surface area contributed by atoms with Crippen LogP contribution in [0.15, 0.2) is 0 Å². The van der Waals surface area contributed by atoms with Gasteiger partial charge in [0.1, 0.15) is 0 Å². The minimum absolute atomic E-state index is 0.708. The van der Waals surface area contributed by atoms with Gasteiger partial charge in [-0.3, -0.25) is 0 Å². The van der Waals surface area contributed by atoms with E-state index in [-0.39, 0.29) is 0 Å². The topological polar surface area (TPSA) is 0 Å². The van der Waals surface area contributed by atoms with Crippen molar-refractivity contribution in [3.05, 3.63) is 8.59 Å². The van der Waals surface area contributed by atoms with Gasteiger partial charge in [0.05, 0.1) is 0 Å². The Kier molecular flexibility index (Phi) is 1.73. The monoisotopic (exact) mass is 164 g/mol. The minimum Gasteiger partial charge on any atom is -0.210 e. The Hall–Kier alpha value is 1.16. The summed E-state index contributed by atoms with van der Waals surface area (Å²) < 4.78 is 1.42. The fraction of sp³-hybridized carbons (Fsp3) is 0. The Bertz CT molecular complexity index is 41.5. The third-order valence-electron chi connectivity index (χ3n) is 0.286. The predicted octanol–water partition coefficient (Wildman–Crippen LogP) is 1.54. The van der Waals surface area contributed by atoms with Crippen LogP contribution in [0.2, 0.25) is 0 Å². The molecule has 0 spiro atoms. The van der Waals surface area contributed by atoms with E-state index in [4.69, 9.17) is 23.2 Å². The van der Waals surface area contributed by atoms with Gasteiger partial charge in [-0.15, -0.1) is 0 Å². The SMILES string of the molecule is Cl[C-]1[Cl+][C-](Cl)[Cl+]1. The van der Waals surface area contributed by atoms with Crippen molar-refractivity contribution >= 4 is 23.2 Å². The van der Waals surface area contributed by atoms with Crippen LogP contribution < -0.4 is 0 Å². The first-order valence-electron chi connectivity index (χ1n) is 1.13. The molecule has 4 heteroatoms. The molecule has 0 aromatic carbocycles. The van der Waals surface area contributed by atoms with Crippen molar-refractivity contribution in [3.8, 4) is 0 Å². The van der Waals surface area contributed by atoms with Crippen LogP contribution in [0.3, 0.4) is 0 Å². The van der Waals surface area contributed by atoms with E-state index in [0.29, 0.717) is 8.59 Å². The Morgan fingerprint density at radius 1 is 1.00 bits per heavy atom. The van der Waals surface area contributed by atoms with Gasteiger partial charge in [0.2, 0.25) is 0 Å². The van der Waals surface area contributed by atoms with Crippen LogP contribution in [0.4, 0.5) is 0 Å². The van der Waals surface area contributed by atoms with Gasteiger partial charge in [0.25, 0.3) is 8.59 Å². The maximum absolute atomic E-state index is 5.33. The van der Waals surface area contributed by atoms with Crippen molar-refractivity contribution in [2.24, 2.45) is 0 Å². The van der Waals surface area contributed by atoms with E-state index in [9.17, 15) is 0 Å². The van der Waals surface area contributed by atoms with Gasteiger partial charge in [-0.2, -0.15) is 0 Å². The van der Waals surface area contributed by atoms with E-state index in [1.165, 1.54) is 0 Å². The highest BCUT2D eigenvalue weighted by Gasteiger charge is 2.34. The predicted molar refractivity (Wildman–Crippen MR) is 18.2 cm³/mol. The molecular weight excluding hydrogens is 166 g/mol. The lowest BCUT2D eigenvalue weighted by Gasteiger charge is -2.15. The van der Waals surface area contributed by atoms with Crippen molar-refractivity contribution in [2.45, 2.75) is 0 Å². The summed E-state index contributed by atoms with van der Waals surface area (Å²) >= 11 is 10.7. The van der Waals surface area contributed by atoms with Crippen molar-refractivity contribution < 1.29 is 21.6 Å². The van der Waals surface area contributed by atoms with Crippen LogP contribution in [0.5, 0.6) is 0 Å². The summed E-state index contributed by atoms with van der Waals surface area (Å²) in [6, 6.07) is 0. The summed E-state index contributed by atoms with van der Waals surface area (Å²) in [6.07, 6.45) is 0. The molecule has 0 saturated carbocycles. The summed E-state index contributed by atoms with van der Waals surface area (Å²) in [5.41, 5.74) is 0. The minimum atomic E-state index is 0.708. The van der Waals surface area contributed by atoms with E-state index < -0.39 is 0 Å². The van der Waals surface area contributed by atoms with Crippen LogP contribution in [0, 0.1) is 30.2 Å². The summed E-state index contributed by atoms with van der Waals surface area (Å²) in [5.74, 6) is 0. The zero-order valence-electron chi connectivity index (χ0n) is 2.51. The summed E-state index contributed by atoms with van der Waals surface area (Å²) in [4.78, 5) is 0. The Morgan fingerprint density at radius 3 is 1.33 bits per heavy atom. The van der Waals surface area contributed by atoms with Crippen LogP contribution in [0.1, 0.15) is 0 Å². The maximum atomic E-state index is 5.33. The van der Waals surface area contributed by atoms with Crippen LogP contribution in [0.25, 0.3) is 0 Å². The molecule has 0 unspecified atom stereocenters. The van der Waals surface area contributed by atoms with Crippen molar-refractivity contribution in [1.82, 2.24) is 0 Å². The fourth-order valence-corrected chi connectivity index (χ4v) is 2.51. The Morgan fingerprint density at radius 2 is 1.33 bits per heavy atom. The number of halogens is 4. The Balaban J connectivity index is 2.11. The smallest absolute Gasteiger partial charge is 0.210 e. The molecular formula is C2Cl4. The third-order valence-corrected chi connectivity index (χ3v) is 2.57. The molecule has 0 aliphatic carbocycles. The molecule has 0 atom stereocenters. The van der Waals surface area contributed by atoms with Gasteiger partial charge in [-0.25, -0.2) is 23.2 Å². The lowest BCUT2D eigenvalue weighted by molar-refractivity contribution is -0.980. The van der Waals surface area contributed by atoms with E-state index in [1.807, 2.05) is 0 Å². The van der Waals surface area contributed by atoms with Crippen molar-refractivity contribution in [3.63, 3.8) is 0 Å².